The first kappa shape index (κ1) is 28.8. The molecule has 7 heteroatoms. The van der Waals surface area contributed by atoms with Gasteiger partial charge in [-0.1, -0.05) is 115 Å². The van der Waals surface area contributed by atoms with E-state index in [4.69, 9.17) is 20.3 Å². The van der Waals surface area contributed by atoms with E-state index in [1.165, 1.54) is 15.5 Å². The Bertz CT molecular complexity index is 3350. The summed E-state index contributed by atoms with van der Waals surface area (Å²) in [5, 5.41) is 13.2. The van der Waals surface area contributed by atoms with E-state index in [1.807, 2.05) is 18.3 Å². The second-order valence-electron chi connectivity index (χ2n) is 13.6. The van der Waals surface area contributed by atoms with Crippen LogP contribution < -0.4 is 0 Å². The first-order valence-corrected chi connectivity index (χ1v) is 18.6. The molecular formula is C46H27N6S-. The molecule has 12 rings (SSSR count). The minimum Gasteiger partial charge on any atom is -0.646 e. The fraction of sp³-hybridized carbons (Fsp3) is 0.0217. The van der Waals surface area contributed by atoms with Crippen molar-refractivity contribution in [1.29, 1.82) is 0 Å². The summed E-state index contributed by atoms with van der Waals surface area (Å²) < 4.78 is 6.83. The van der Waals surface area contributed by atoms with Crippen molar-refractivity contribution < 1.29 is 0 Å². The van der Waals surface area contributed by atoms with E-state index < -0.39 is 6.29 Å². The summed E-state index contributed by atoms with van der Waals surface area (Å²) in [6.07, 6.45) is 1.53. The topological polar surface area (TPSA) is 62.1 Å². The number of rotatable bonds is 3. The van der Waals surface area contributed by atoms with Gasteiger partial charge in [-0.25, -0.2) is 9.97 Å². The molecule has 0 saturated heterocycles. The largest absolute Gasteiger partial charge is 0.646 e. The molecule has 0 spiro atoms. The standard InChI is InChI=1S/C46H27N6S/c1-2-12-28-23-29(22-21-27(28)11-1)42-44-43(33-16-6-10-20-41(33)53-44)50-46(49-42)52-38-19-9-5-15-32(38)35-24-39-34(25-40(35)52)31-14-4-8-18-37(31)51(39)45-47-26-30-13-3-7-17-36(30)48-45/h1-26,45H/q-1. The third-order valence-corrected chi connectivity index (χ3v) is 11.9. The quantitative estimate of drug-likeness (QED) is 0.185. The van der Waals surface area contributed by atoms with E-state index in [1.54, 1.807) is 11.3 Å². The van der Waals surface area contributed by atoms with Crippen LogP contribution in [0.15, 0.2) is 157 Å². The summed E-state index contributed by atoms with van der Waals surface area (Å²) in [6.45, 7) is 0. The van der Waals surface area contributed by atoms with E-state index >= 15 is 0 Å². The van der Waals surface area contributed by atoms with Gasteiger partial charge in [-0.05, 0) is 52.7 Å². The molecule has 1 atom stereocenters. The van der Waals surface area contributed by atoms with Gasteiger partial charge in [0.15, 0.2) is 0 Å². The van der Waals surface area contributed by atoms with Crippen molar-refractivity contribution >= 4 is 97.9 Å². The van der Waals surface area contributed by atoms with Crippen LogP contribution in [0.5, 0.6) is 0 Å². The van der Waals surface area contributed by atoms with Crippen LogP contribution in [0.1, 0.15) is 11.9 Å². The summed E-state index contributed by atoms with van der Waals surface area (Å²) in [7, 11) is 0. The van der Waals surface area contributed by atoms with Gasteiger partial charge in [-0.15, -0.1) is 17.0 Å². The maximum Gasteiger partial charge on any atom is 0.235 e. The van der Waals surface area contributed by atoms with Crippen molar-refractivity contribution in [1.82, 2.24) is 19.1 Å². The highest BCUT2D eigenvalue weighted by atomic mass is 32.1. The molecular weight excluding hydrogens is 669 g/mol. The number of aromatic nitrogens is 4. The van der Waals surface area contributed by atoms with Gasteiger partial charge >= 0.3 is 0 Å². The van der Waals surface area contributed by atoms with E-state index in [0.717, 1.165) is 81.7 Å². The van der Waals surface area contributed by atoms with Crippen LogP contribution in [0, 0.1) is 0 Å². The highest BCUT2D eigenvalue weighted by Gasteiger charge is 2.23. The molecule has 0 aliphatic carbocycles. The lowest BCUT2D eigenvalue weighted by molar-refractivity contribution is 0.658. The van der Waals surface area contributed by atoms with Crippen LogP contribution in [0.4, 0.5) is 5.69 Å². The fourth-order valence-electron chi connectivity index (χ4n) is 8.28. The Labute approximate surface area is 306 Å². The van der Waals surface area contributed by atoms with E-state index in [2.05, 4.69) is 149 Å². The Balaban J connectivity index is 1.16. The van der Waals surface area contributed by atoms with Gasteiger partial charge in [0.25, 0.3) is 0 Å². The van der Waals surface area contributed by atoms with E-state index in [0.29, 0.717) is 5.95 Å². The number of benzene rings is 7. The molecule has 0 amide bonds. The third kappa shape index (κ3) is 4.16. The van der Waals surface area contributed by atoms with Crippen LogP contribution in [0.25, 0.3) is 97.2 Å². The maximum absolute atomic E-state index is 5.48. The summed E-state index contributed by atoms with van der Waals surface area (Å²) in [4.78, 5) is 15.9. The lowest BCUT2D eigenvalue weighted by Crippen LogP contribution is -2.08. The van der Waals surface area contributed by atoms with Crippen molar-refractivity contribution in [3.05, 3.63) is 163 Å². The van der Waals surface area contributed by atoms with E-state index in [9.17, 15) is 0 Å². The minimum absolute atomic E-state index is 0.416. The molecule has 0 N–H and O–H groups in total. The summed E-state index contributed by atoms with van der Waals surface area (Å²) in [6, 6.07) is 53.7. The van der Waals surface area contributed by atoms with Crippen LogP contribution in [0.3, 0.4) is 0 Å². The van der Waals surface area contributed by atoms with E-state index in [-0.39, 0.29) is 0 Å². The summed E-state index contributed by atoms with van der Waals surface area (Å²) in [5.74, 6) is 0.655. The average Bonchev–Trinajstić information content (AvgIpc) is 3.86. The molecule has 1 unspecified atom stereocenters. The predicted octanol–water partition coefficient (Wildman–Crippen LogP) is 12.5. The van der Waals surface area contributed by atoms with Crippen LogP contribution in [-0.4, -0.2) is 25.3 Å². The average molecular weight is 696 g/mol. The van der Waals surface area contributed by atoms with Crippen molar-refractivity contribution in [2.75, 3.05) is 0 Å². The van der Waals surface area contributed by atoms with Crippen LogP contribution in [-0.2, 0) is 0 Å². The molecule has 5 heterocycles. The van der Waals surface area contributed by atoms with Crippen LogP contribution >= 0.6 is 11.3 Å². The molecule has 6 nitrogen and oxygen atoms in total. The monoisotopic (exact) mass is 695 g/mol. The zero-order valence-corrected chi connectivity index (χ0v) is 29.0. The Morgan fingerprint density at radius 1 is 0.547 bits per heavy atom. The van der Waals surface area contributed by atoms with Gasteiger partial charge in [0, 0.05) is 48.9 Å². The Kier molecular flexibility index (Phi) is 5.89. The van der Waals surface area contributed by atoms with Gasteiger partial charge in [0.2, 0.25) is 5.95 Å². The molecule has 7 aromatic carbocycles. The highest BCUT2D eigenvalue weighted by Crippen LogP contribution is 2.44. The molecule has 1 aliphatic heterocycles. The van der Waals surface area contributed by atoms with Gasteiger partial charge < -0.3 is 9.88 Å². The zero-order chi connectivity index (χ0) is 34.6. The smallest absolute Gasteiger partial charge is 0.235 e. The van der Waals surface area contributed by atoms with Crippen molar-refractivity contribution in [3.63, 3.8) is 0 Å². The first-order valence-electron chi connectivity index (χ1n) is 17.7. The number of fused-ring (bicyclic) bond motifs is 11. The number of hydrogen-bond donors (Lipinski definition) is 0. The number of thiophene rings is 1. The predicted molar refractivity (Wildman–Crippen MR) is 221 cm³/mol. The second-order valence-corrected chi connectivity index (χ2v) is 14.7. The molecule has 11 aromatic rings. The fourth-order valence-corrected chi connectivity index (χ4v) is 9.43. The van der Waals surface area contributed by atoms with Crippen molar-refractivity contribution in [2.24, 2.45) is 4.99 Å². The molecule has 0 fully saturated rings. The second kappa shape index (κ2) is 10.8. The number of para-hydroxylation sites is 3. The molecule has 0 saturated carbocycles. The molecule has 53 heavy (non-hydrogen) atoms. The summed E-state index contributed by atoms with van der Waals surface area (Å²) in [5.41, 5.74) is 9.27. The normalized spacial score (nSPS) is 14.3. The molecule has 0 bridgehead atoms. The van der Waals surface area contributed by atoms with Crippen molar-refractivity contribution in [2.45, 2.75) is 6.29 Å². The van der Waals surface area contributed by atoms with Gasteiger partial charge in [0.1, 0.15) is 0 Å². The third-order valence-electron chi connectivity index (χ3n) is 10.7. The van der Waals surface area contributed by atoms with Gasteiger partial charge in [0.05, 0.1) is 38.8 Å². The van der Waals surface area contributed by atoms with Crippen molar-refractivity contribution in [3.8, 4) is 17.2 Å². The number of aliphatic imine (C=N–C) groups is 1. The Morgan fingerprint density at radius 2 is 1.25 bits per heavy atom. The zero-order valence-electron chi connectivity index (χ0n) is 28.2. The number of nitrogens with zero attached hydrogens (tertiary/aromatic N) is 6. The number of hydrogen-bond acceptors (Lipinski definition) is 4. The molecule has 248 valence electrons. The SMILES string of the molecule is C1=NC(n2c3ccccc3c3cc4c(cc32)c2ccccc2n4-c2nc(-c3ccc4ccccc4c3)c3sc4ccccc4c3n2)[N-]c2ccccc21. The van der Waals surface area contributed by atoms with Gasteiger partial charge in [-0.2, -0.15) is 0 Å². The molecule has 0 radical (unpaired) electrons. The van der Waals surface area contributed by atoms with Gasteiger partial charge in [-0.3, -0.25) is 9.56 Å². The maximum atomic E-state index is 5.48. The van der Waals surface area contributed by atoms with Crippen LogP contribution in [0.2, 0.25) is 0 Å². The Hall–Kier alpha value is -6.83. The summed E-state index contributed by atoms with van der Waals surface area (Å²) >= 11 is 1.76. The molecule has 4 aromatic heterocycles. The minimum atomic E-state index is -0.416. The Morgan fingerprint density at radius 3 is 2.15 bits per heavy atom. The molecule has 1 aliphatic rings. The lowest BCUT2D eigenvalue weighted by atomic mass is 10.0. The first-order chi connectivity index (χ1) is 26.3. The lowest BCUT2D eigenvalue weighted by Gasteiger charge is -2.36. The highest BCUT2D eigenvalue weighted by molar-refractivity contribution is 7.26.